The molecule has 2 N–H and O–H groups in total. The Labute approximate surface area is 185 Å². The Bertz CT molecular complexity index is 1060. The van der Waals surface area contributed by atoms with Gasteiger partial charge in [0.15, 0.2) is 36.3 Å². The number of carbonyl (C=O) groups is 2. The maximum absolute atomic E-state index is 13.1. The van der Waals surface area contributed by atoms with E-state index in [4.69, 9.17) is 9.47 Å². The quantitative estimate of drug-likeness (QED) is 0.519. The number of amides is 2. The van der Waals surface area contributed by atoms with Crippen LogP contribution in [0.25, 0.3) is 0 Å². The number of halogens is 4. The van der Waals surface area contributed by atoms with E-state index in [0.717, 1.165) is 18.2 Å². The zero-order chi connectivity index (χ0) is 24.0. The molecule has 0 spiro atoms. The minimum Gasteiger partial charge on any atom is -0.484 e. The zero-order valence-electron chi connectivity index (χ0n) is 17.0. The predicted octanol–water partition coefficient (Wildman–Crippen LogP) is 2.88. The lowest BCUT2D eigenvalue weighted by molar-refractivity contribution is -0.286. The molecule has 1 heterocycles. The first-order valence-corrected chi connectivity index (χ1v) is 9.46. The second-order valence-electron chi connectivity index (χ2n) is 6.68. The van der Waals surface area contributed by atoms with Gasteiger partial charge in [-0.3, -0.25) is 9.59 Å². The summed E-state index contributed by atoms with van der Waals surface area (Å²) in [6, 6.07) is 6.61. The Balaban J connectivity index is 1.31. The third-order valence-electron chi connectivity index (χ3n) is 4.07. The van der Waals surface area contributed by atoms with Gasteiger partial charge in [-0.05, 0) is 24.3 Å². The summed E-state index contributed by atoms with van der Waals surface area (Å²) in [6.07, 6.45) is -3.56. The molecule has 0 bridgehead atoms. The number of hydrogen-bond donors (Lipinski definition) is 2. The first-order chi connectivity index (χ1) is 15.6. The number of ether oxygens (including phenoxy) is 4. The van der Waals surface area contributed by atoms with Crippen molar-refractivity contribution in [3.8, 4) is 23.0 Å². The molecule has 33 heavy (non-hydrogen) atoms. The lowest BCUT2D eigenvalue weighted by Crippen LogP contribution is -2.32. The van der Waals surface area contributed by atoms with Crippen molar-refractivity contribution < 1.29 is 46.1 Å². The minimum absolute atomic E-state index is 0.00288. The molecule has 2 aromatic rings. The highest BCUT2D eigenvalue weighted by Gasteiger charge is 2.43. The fourth-order valence-electron chi connectivity index (χ4n) is 2.58. The average Bonchev–Trinajstić information content (AvgIpc) is 3.06. The molecule has 8 nitrogen and oxygen atoms in total. The van der Waals surface area contributed by atoms with Crippen LogP contribution in [0.2, 0.25) is 0 Å². The molecule has 2 aromatic carbocycles. The lowest BCUT2D eigenvalue weighted by Gasteiger charge is -2.11. The number of nitrogens with one attached hydrogen (secondary N) is 2. The van der Waals surface area contributed by atoms with E-state index in [1.807, 2.05) is 0 Å². The molecule has 0 saturated heterocycles. The molecule has 0 aliphatic carbocycles. The van der Waals surface area contributed by atoms with Crippen molar-refractivity contribution >= 4 is 11.8 Å². The van der Waals surface area contributed by atoms with E-state index in [9.17, 15) is 27.2 Å². The van der Waals surface area contributed by atoms with E-state index >= 15 is 0 Å². The third kappa shape index (κ3) is 7.02. The van der Waals surface area contributed by atoms with E-state index in [1.54, 1.807) is 0 Å². The van der Waals surface area contributed by atoms with Gasteiger partial charge in [0, 0.05) is 30.8 Å². The van der Waals surface area contributed by atoms with Gasteiger partial charge in [0.25, 0.3) is 11.8 Å². The van der Waals surface area contributed by atoms with Gasteiger partial charge in [-0.1, -0.05) is 6.58 Å². The van der Waals surface area contributed by atoms with Crippen LogP contribution in [0.3, 0.4) is 0 Å². The highest BCUT2D eigenvalue weighted by molar-refractivity contribution is 5.79. The minimum atomic E-state index is -3.75. The molecule has 0 radical (unpaired) electrons. The monoisotopic (exact) mass is 470 g/mol. The summed E-state index contributed by atoms with van der Waals surface area (Å²) < 4.78 is 70.8. The smallest absolute Gasteiger partial charge is 0.484 e. The average molecular weight is 470 g/mol. The Morgan fingerprint density at radius 1 is 0.909 bits per heavy atom. The SMILES string of the molecule is C=C(CCNC(=O)COc1ccc(F)c(F)c1)NC(=O)COc1ccc2c(c1)OC(F)(F)O2. The van der Waals surface area contributed by atoms with Gasteiger partial charge in [0.2, 0.25) is 0 Å². The van der Waals surface area contributed by atoms with Gasteiger partial charge in [-0.25, -0.2) is 8.78 Å². The number of alkyl halides is 2. The van der Waals surface area contributed by atoms with Crippen molar-refractivity contribution in [2.75, 3.05) is 19.8 Å². The van der Waals surface area contributed by atoms with E-state index in [1.165, 1.54) is 18.2 Å². The molecule has 12 heteroatoms. The zero-order valence-corrected chi connectivity index (χ0v) is 17.0. The van der Waals surface area contributed by atoms with Crippen LogP contribution in [0, 0.1) is 11.6 Å². The van der Waals surface area contributed by atoms with Crippen molar-refractivity contribution in [1.29, 1.82) is 0 Å². The van der Waals surface area contributed by atoms with Crippen LogP contribution in [0.15, 0.2) is 48.7 Å². The van der Waals surface area contributed by atoms with Crippen LogP contribution in [0.1, 0.15) is 6.42 Å². The highest BCUT2D eigenvalue weighted by atomic mass is 19.3. The molecular weight excluding hydrogens is 452 g/mol. The molecule has 0 fully saturated rings. The Kier molecular flexibility index (Phi) is 7.26. The van der Waals surface area contributed by atoms with E-state index in [2.05, 4.69) is 26.7 Å². The van der Waals surface area contributed by atoms with Gasteiger partial charge in [-0.15, -0.1) is 8.78 Å². The molecule has 176 valence electrons. The summed E-state index contributed by atoms with van der Waals surface area (Å²) in [4.78, 5) is 23.7. The van der Waals surface area contributed by atoms with E-state index in [0.29, 0.717) is 0 Å². The first kappa shape index (κ1) is 23.7. The van der Waals surface area contributed by atoms with E-state index in [-0.39, 0.29) is 41.7 Å². The number of rotatable bonds is 10. The van der Waals surface area contributed by atoms with Crippen molar-refractivity contribution in [3.63, 3.8) is 0 Å². The Morgan fingerprint density at radius 2 is 1.55 bits per heavy atom. The van der Waals surface area contributed by atoms with Crippen molar-refractivity contribution in [2.45, 2.75) is 12.7 Å². The molecular formula is C21H18F4N2O6. The summed E-state index contributed by atoms with van der Waals surface area (Å²) in [5.74, 6) is -3.45. The van der Waals surface area contributed by atoms with Gasteiger partial charge >= 0.3 is 6.29 Å². The van der Waals surface area contributed by atoms with Crippen LogP contribution in [0.4, 0.5) is 17.6 Å². The summed E-state index contributed by atoms with van der Waals surface area (Å²) in [7, 11) is 0. The van der Waals surface area contributed by atoms with Gasteiger partial charge in [-0.2, -0.15) is 0 Å². The molecule has 3 rings (SSSR count). The third-order valence-corrected chi connectivity index (χ3v) is 4.07. The Hall–Kier alpha value is -3.96. The van der Waals surface area contributed by atoms with Crippen molar-refractivity contribution in [3.05, 3.63) is 60.3 Å². The standard InChI is InChI=1S/C21H18F4N2O6/c1-12(6-7-26-19(28)10-30-13-2-4-15(22)16(23)8-13)27-20(29)11-31-14-3-5-17-18(9-14)33-21(24,25)32-17/h2-5,8-9H,1,6-7,10-11H2,(H,26,28)(H,27,29). The molecule has 2 amide bonds. The molecule has 0 saturated carbocycles. The van der Waals surface area contributed by atoms with Crippen LogP contribution in [-0.4, -0.2) is 37.9 Å². The lowest BCUT2D eigenvalue weighted by atomic mass is 10.3. The fourth-order valence-corrected chi connectivity index (χ4v) is 2.58. The largest absolute Gasteiger partial charge is 0.586 e. The number of fused-ring (bicyclic) bond motifs is 1. The number of benzene rings is 2. The predicted molar refractivity (Wildman–Crippen MR) is 105 cm³/mol. The van der Waals surface area contributed by atoms with Gasteiger partial charge in [0.05, 0.1) is 0 Å². The first-order valence-electron chi connectivity index (χ1n) is 9.46. The molecule has 0 aromatic heterocycles. The van der Waals surface area contributed by atoms with E-state index < -0.39 is 43.0 Å². The number of carbonyl (C=O) groups excluding carboxylic acids is 2. The van der Waals surface area contributed by atoms with Crippen LogP contribution in [0.5, 0.6) is 23.0 Å². The summed E-state index contributed by atoms with van der Waals surface area (Å²) in [6.45, 7) is 2.93. The maximum Gasteiger partial charge on any atom is 0.586 e. The second kappa shape index (κ2) is 10.1. The van der Waals surface area contributed by atoms with Gasteiger partial charge in [0.1, 0.15) is 11.5 Å². The van der Waals surface area contributed by atoms with Crippen molar-refractivity contribution in [2.24, 2.45) is 0 Å². The Morgan fingerprint density at radius 3 is 2.27 bits per heavy atom. The fraction of sp³-hybridized carbons (Fsp3) is 0.238. The molecule has 1 aliphatic heterocycles. The maximum atomic E-state index is 13.1. The molecule has 0 unspecified atom stereocenters. The molecule has 1 aliphatic rings. The summed E-state index contributed by atoms with van der Waals surface area (Å²) in [5.41, 5.74) is 0.288. The topological polar surface area (TPSA) is 95.1 Å². The summed E-state index contributed by atoms with van der Waals surface area (Å²) in [5, 5.41) is 4.97. The molecule has 0 atom stereocenters. The van der Waals surface area contributed by atoms with Crippen LogP contribution >= 0.6 is 0 Å². The highest BCUT2D eigenvalue weighted by Crippen LogP contribution is 2.42. The normalized spacial score (nSPS) is 13.2. The van der Waals surface area contributed by atoms with Crippen LogP contribution in [-0.2, 0) is 9.59 Å². The number of hydrogen-bond acceptors (Lipinski definition) is 6. The van der Waals surface area contributed by atoms with Crippen molar-refractivity contribution in [1.82, 2.24) is 10.6 Å². The van der Waals surface area contributed by atoms with Gasteiger partial charge < -0.3 is 29.6 Å². The second-order valence-corrected chi connectivity index (χ2v) is 6.68. The van der Waals surface area contributed by atoms with Crippen LogP contribution < -0.4 is 29.6 Å². The summed E-state index contributed by atoms with van der Waals surface area (Å²) >= 11 is 0.